The molecule has 36 heavy (non-hydrogen) atoms. The second-order valence-electron chi connectivity index (χ2n) is 7.72. The molecule has 0 fully saturated rings. The molecule has 0 saturated heterocycles. The highest BCUT2D eigenvalue weighted by atomic mass is 32.2. The number of pyridine rings is 1. The molecule has 0 saturated carbocycles. The van der Waals surface area contributed by atoms with E-state index in [1.165, 1.54) is 0 Å². The molecule has 0 aliphatic rings. The van der Waals surface area contributed by atoms with Gasteiger partial charge in [-0.3, -0.25) is 0 Å². The van der Waals surface area contributed by atoms with Crippen LogP contribution in [0.3, 0.4) is 0 Å². The van der Waals surface area contributed by atoms with Crippen LogP contribution < -0.4 is 15.3 Å². The van der Waals surface area contributed by atoms with E-state index in [-0.39, 0.29) is 0 Å². The summed E-state index contributed by atoms with van der Waals surface area (Å²) in [4.78, 5) is 3.36. The summed E-state index contributed by atoms with van der Waals surface area (Å²) in [6, 6.07) is 26.8. The van der Waals surface area contributed by atoms with Crippen molar-refractivity contribution in [2.75, 3.05) is 13.0 Å². The molecule has 0 amide bonds. The van der Waals surface area contributed by atoms with Crippen LogP contribution in [0.5, 0.6) is 5.75 Å². The summed E-state index contributed by atoms with van der Waals surface area (Å²) in [6.07, 6.45) is 2.02. The minimum Gasteiger partial charge on any atom is -0.741 e. The molecule has 0 aliphatic heterocycles. The van der Waals surface area contributed by atoms with Crippen molar-refractivity contribution in [3.8, 4) is 28.3 Å². The third-order valence-corrected chi connectivity index (χ3v) is 6.07. The van der Waals surface area contributed by atoms with Gasteiger partial charge < -0.3 is 14.3 Å². The summed E-state index contributed by atoms with van der Waals surface area (Å²) in [6.45, 7) is 0. The maximum absolute atomic E-state index is 10.7. The topological polar surface area (TPSA) is 112 Å². The summed E-state index contributed by atoms with van der Waals surface area (Å²) >= 11 is 0. The van der Waals surface area contributed by atoms with Gasteiger partial charge in [0.1, 0.15) is 5.75 Å². The maximum atomic E-state index is 10.7. The Morgan fingerprint density at radius 2 is 1.58 bits per heavy atom. The number of aromatic nitrogens is 2. The number of nitrogens with one attached hydrogen (secondary N) is 1. The van der Waals surface area contributed by atoms with Crippen molar-refractivity contribution in [2.24, 2.45) is 0 Å². The number of alkyl halides is 3. The highest BCUT2D eigenvalue weighted by Crippen LogP contribution is 2.34. The Morgan fingerprint density at radius 3 is 2.22 bits per heavy atom. The van der Waals surface area contributed by atoms with Gasteiger partial charge in [-0.05, 0) is 35.7 Å². The number of rotatable bonds is 3. The van der Waals surface area contributed by atoms with E-state index in [1.54, 1.807) is 11.8 Å². The standard InChI is InChI=1S/C24H19N3O.CHF3O3S/c1-28-18-11-12-20-21(15-26-22(20)14-18)24-19-10-6-5-9-17(19)13-23(27(24)25)16-7-3-2-4-8-16;2-1(3,4)8(5,6)7/h2-15H,25H2,1H3;(H,5,6,7). The monoisotopic (exact) mass is 515 g/mol. The number of H-pyrrole nitrogens is 1. The number of hydrogen-bond acceptors (Lipinski definition) is 5. The fourth-order valence-electron chi connectivity index (χ4n) is 3.84. The number of hydrogen-bond donors (Lipinski definition) is 2. The van der Waals surface area contributed by atoms with E-state index >= 15 is 0 Å². The zero-order valence-electron chi connectivity index (χ0n) is 18.8. The number of nitrogens with two attached hydrogens (primary N) is 1. The van der Waals surface area contributed by atoms with Gasteiger partial charge in [-0.15, -0.1) is 0 Å². The minimum absolute atomic E-state index is 0.824. The molecule has 7 nitrogen and oxygen atoms in total. The molecule has 3 aromatic carbocycles. The third kappa shape index (κ3) is 4.83. The highest BCUT2D eigenvalue weighted by Gasteiger charge is 2.37. The van der Waals surface area contributed by atoms with E-state index in [9.17, 15) is 13.2 Å². The van der Waals surface area contributed by atoms with E-state index in [1.807, 2.05) is 42.6 Å². The number of aromatic amines is 1. The molecular formula is C25H20F3N3O4S. The Morgan fingerprint density at radius 1 is 0.944 bits per heavy atom. The Hall–Kier alpha value is -4.09. The van der Waals surface area contributed by atoms with Gasteiger partial charge in [0.15, 0.2) is 10.1 Å². The van der Waals surface area contributed by atoms with Gasteiger partial charge in [0.2, 0.25) is 5.69 Å². The lowest BCUT2D eigenvalue weighted by molar-refractivity contribution is -0.614. The second-order valence-corrected chi connectivity index (χ2v) is 9.09. The van der Waals surface area contributed by atoms with E-state index in [2.05, 4.69) is 47.4 Å². The van der Waals surface area contributed by atoms with Crippen molar-refractivity contribution in [1.29, 1.82) is 0 Å². The molecule has 0 atom stereocenters. The van der Waals surface area contributed by atoms with Gasteiger partial charge in [0.25, 0.3) is 5.69 Å². The van der Waals surface area contributed by atoms with Crippen LogP contribution in [0.4, 0.5) is 13.2 Å². The first-order valence-electron chi connectivity index (χ1n) is 10.5. The van der Waals surface area contributed by atoms with Gasteiger partial charge in [0, 0.05) is 34.8 Å². The fourth-order valence-corrected chi connectivity index (χ4v) is 3.84. The summed E-state index contributed by atoms with van der Waals surface area (Å²) in [7, 11) is -4.41. The summed E-state index contributed by atoms with van der Waals surface area (Å²) < 4.78 is 66.1. The summed E-state index contributed by atoms with van der Waals surface area (Å²) in [5.41, 5.74) is -0.533. The minimum atomic E-state index is -6.09. The van der Waals surface area contributed by atoms with Gasteiger partial charge >= 0.3 is 5.51 Å². The first-order valence-corrected chi connectivity index (χ1v) is 11.9. The molecule has 0 bridgehead atoms. The molecule has 0 unspecified atom stereocenters. The molecule has 11 heteroatoms. The SMILES string of the molecule is COc1ccc2c(-c3c4ccccc4cc(-c4ccccc4)[n+]3N)c[nH]c2c1.O=S(=O)([O-])C(F)(F)F. The number of benzene rings is 3. The first-order chi connectivity index (χ1) is 17.0. The molecular weight excluding hydrogens is 495 g/mol. The zero-order valence-corrected chi connectivity index (χ0v) is 19.6. The number of nitrogen functional groups attached to an aromatic ring is 1. The van der Waals surface area contributed by atoms with Crippen LogP contribution >= 0.6 is 0 Å². The Balaban J connectivity index is 0.000000331. The molecule has 186 valence electrons. The number of nitrogens with zero attached hydrogens (tertiary/aromatic N) is 1. The Labute approximate surface area is 204 Å². The second kappa shape index (κ2) is 9.51. The van der Waals surface area contributed by atoms with E-state index in [0.717, 1.165) is 49.9 Å². The van der Waals surface area contributed by atoms with Gasteiger partial charge in [-0.1, -0.05) is 41.1 Å². The maximum Gasteiger partial charge on any atom is 0.485 e. The quantitative estimate of drug-likeness (QED) is 0.156. The lowest BCUT2D eigenvalue weighted by atomic mass is 10.00. The van der Waals surface area contributed by atoms with Crippen molar-refractivity contribution in [2.45, 2.75) is 5.51 Å². The van der Waals surface area contributed by atoms with Crippen LogP contribution in [0.1, 0.15) is 0 Å². The smallest absolute Gasteiger partial charge is 0.485 e. The average molecular weight is 516 g/mol. The third-order valence-electron chi connectivity index (χ3n) is 5.51. The van der Waals surface area contributed by atoms with Crippen LogP contribution in [0.25, 0.3) is 44.2 Å². The Bertz CT molecular complexity index is 1650. The number of halogens is 3. The molecule has 0 spiro atoms. The number of fused-ring (bicyclic) bond motifs is 2. The lowest BCUT2D eigenvalue weighted by Gasteiger charge is -2.08. The predicted molar refractivity (Wildman–Crippen MR) is 129 cm³/mol. The molecule has 3 N–H and O–H groups in total. The average Bonchev–Trinajstić information content (AvgIpc) is 3.26. The van der Waals surface area contributed by atoms with Crippen LogP contribution in [-0.4, -0.2) is 30.6 Å². The lowest BCUT2D eigenvalue weighted by Crippen LogP contribution is -2.48. The van der Waals surface area contributed by atoms with Crippen LogP contribution in [0.15, 0.2) is 85.1 Å². The van der Waals surface area contributed by atoms with Crippen molar-refractivity contribution < 1.29 is 35.6 Å². The van der Waals surface area contributed by atoms with E-state index in [4.69, 9.17) is 23.6 Å². The van der Waals surface area contributed by atoms with E-state index < -0.39 is 15.6 Å². The fraction of sp³-hybridized carbons (Fsp3) is 0.0800. The van der Waals surface area contributed by atoms with Gasteiger partial charge in [-0.25, -0.2) is 14.3 Å². The highest BCUT2D eigenvalue weighted by molar-refractivity contribution is 7.86. The number of methoxy groups -OCH3 is 1. The molecule has 2 aromatic heterocycles. The van der Waals surface area contributed by atoms with Crippen LogP contribution in [0.2, 0.25) is 0 Å². The molecule has 2 heterocycles. The molecule has 5 rings (SSSR count). The first kappa shape index (κ1) is 25.0. The van der Waals surface area contributed by atoms with Gasteiger partial charge in [-0.2, -0.15) is 13.2 Å². The van der Waals surface area contributed by atoms with E-state index in [0.29, 0.717) is 0 Å². The van der Waals surface area contributed by atoms with Crippen molar-refractivity contribution in [3.63, 3.8) is 0 Å². The molecule has 0 aliphatic carbocycles. The Kier molecular flexibility index (Phi) is 6.61. The van der Waals surface area contributed by atoms with Crippen LogP contribution in [-0.2, 0) is 10.1 Å². The molecule has 5 aromatic rings. The van der Waals surface area contributed by atoms with Crippen molar-refractivity contribution >= 4 is 31.8 Å². The number of ether oxygens (including phenoxy) is 1. The zero-order chi connectivity index (χ0) is 26.1. The van der Waals surface area contributed by atoms with Gasteiger partial charge in [0.05, 0.1) is 18.1 Å². The normalized spacial score (nSPS) is 11.8. The summed E-state index contributed by atoms with van der Waals surface area (Å²) in [5, 5.41) is 3.37. The van der Waals surface area contributed by atoms with Crippen LogP contribution in [0, 0.1) is 0 Å². The molecule has 0 radical (unpaired) electrons. The largest absolute Gasteiger partial charge is 0.741 e. The van der Waals surface area contributed by atoms with Crippen molar-refractivity contribution in [3.05, 3.63) is 85.1 Å². The summed E-state index contributed by atoms with van der Waals surface area (Å²) in [5.74, 6) is 7.52. The van der Waals surface area contributed by atoms with Crippen molar-refractivity contribution in [1.82, 2.24) is 4.98 Å². The predicted octanol–water partition coefficient (Wildman–Crippen LogP) is 4.72.